The van der Waals surface area contributed by atoms with Crippen LogP contribution >= 0.6 is 0 Å². The normalized spacial score (nSPS) is 20.3. The van der Waals surface area contributed by atoms with Crippen molar-refractivity contribution in [3.8, 4) is 0 Å². The predicted octanol–water partition coefficient (Wildman–Crippen LogP) is 7.32. The Hall–Kier alpha value is -3.28. The summed E-state index contributed by atoms with van der Waals surface area (Å²) in [6.07, 6.45) is -11.0. The van der Waals surface area contributed by atoms with Gasteiger partial charge < -0.3 is 20.1 Å². The molecule has 0 radical (unpaired) electrons. The maximum atomic E-state index is 13.4. The Bertz CT molecular complexity index is 1230. The molecule has 2 amide bonds. The van der Waals surface area contributed by atoms with Gasteiger partial charge in [-0.1, -0.05) is 30.3 Å². The van der Waals surface area contributed by atoms with Crippen LogP contribution in [0, 0.1) is 0 Å². The third kappa shape index (κ3) is 8.39. The van der Waals surface area contributed by atoms with Gasteiger partial charge in [-0.05, 0) is 83.7 Å². The number of alkyl carbamates (subject to hydrolysis) is 1. The van der Waals surface area contributed by atoms with Crippen molar-refractivity contribution in [2.75, 3.05) is 6.61 Å². The number of halogens is 6. The number of amides is 2. The highest BCUT2D eigenvalue weighted by atomic mass is 19.4. The Kier molecular flexibility index (Phi) is 9.32. The van der Waals surface area contributed by atoms with Crippen LogP contribution in [0.1, 0.15) is 82.7 Å². The largest absolute Gasteiger partial charge is 0.444 e. The second-order valence-corrected chi connectivity index (χ2v) is 12.3. The molecule has 1 atom stereocenters. The number of benzene rings is 2. The van der Waals surface area contributed by atoms with Crippen LogP contribution in [0.15, 0.2) is 48.5 Å². The Morgan fingerprint density at radius 2 is 1.43 bits per heavy atom. The van der Waals surface area contributed by atoms with Gasteiger partial charge in [-0.2, -0.15) is 26.3 Å². The third-order valence-corrected chi connectivity index (χ3v) is 7.07. The van der Waals surface area contributed by atoms with Gasteiger partial charge in [-0.25, -0.2) is 4.79 Å². The van der Waals surface area contributed by atoms with Crippen LogP contribution in [0.2, 0.25) is 0 Å². The fraction of sp³-hybridized carbons (Fsp3) is 0.533. The molecule has 0 unspecified atom stereocenters. The van der Waals surface area contributed by atoms with Crippen LogP contribution < -0.4 is 10.6 Å². The lowest BCUT2D eigenvalue weighted by Gasteiger charge is -2.49. The van der Waals surface area contributed by atoms with Gasteiger partial charge in [-0.3, -0.25) is 4.79 Å². The molecule has 42 heavy (non-hydrogen) atoms. The molecule has 0 aliphatic heterocycles. The van der Waals surface area contributed by atoms with Crippen molar-refractivity contribution < 1.29 is 45.4 Å². The molecule has 0 bridgehead atoms. The summed E-state index contributed by atoms with van der Waals surface area (Å²) < 4.78 is 91.3. The van der Waals surface area contributed by atoms with E-state index >= 15 is 0 Å². The Labute approximate surface area is 241 Å². The van der Waals surface area contributed by atoms with Crippen LogP contribution in [-0.4, -0.2) is 35.8 Å². The standard InChI is InChI=1S/C30H36F6N2O4/c1-18(19-12-21(29(31,32)33)14-22(13-19)30(34,35)36)41-17-28(20-10-8-7-9-11-20)15-23(16-28)37-24(39)27(5,6)38-25(40)42-26(2,3)4/h7-14,18,23H,15-17H2,1-6H3,(H,37,39)(H,38,40)/t18-,23-,28+/m1/s1. The van der Waals surface area contributed by atoms with Gasteiger partial charge in [0.2, 0.25) is 5.91 Å². The smallest absolute Gasteiger partial charge is 0.416 e. The van der Waals surface area contributed by atoms with E-state index in [1.807, 2.05) is 30.3 Å². The summed E-state index contributed by atoms with van der Waals surface area (Å²) in [4.78, 5) is 25.2. The van der Waals surface area contributed by atoms with Crippen molar-refractivity contribution >= 4 is 12.0 Å². The summed E-state index contributed by atoms with van der Waals surface area (Å²) >= 11 is 0. The number of rotatable bonds is 8. The highest BCUT2D eigenvalue weighted by Gasteiger charge is 2.48. The number of carbonyl (C=O) groups excluding carboxylic acids is 2. The summed E-state index contributed by atoms with van der Waals surface area (Å²) in [6.45, 7) is 9.54. The second-order valence-electron chi connectivity index (χ2n) is 12.3. The van der Waals surface area contributed by atoms with Crippen LogP contribution in [-0.2, 0) is 32.0 Å². The molecule has 2 aromatic carbocycles. The number of carbonyl (C=O) groups is 2. The van der Waals surface area contributed by atoms with Crippen molar-refractivity contribution in [3.05, 3.63) is 70.8 Å². The fourth-order valence-corrected chi connectivity index (χ4v) is 4.79. The number of hydrogen-bond donors (Lipinski definition) is 2. The zero-order chi connectivity index (χ0) is 31.7. The van der Waals surface area contributed by atoms with E-state index in [1.165, 1.54) is 20.8 Å². The second kappa shape index (κ2) is 11.8. The van der Waals surface area contributed by atoms with Crippen LogP contribution in [0.4, 0.5) is 31.1 Å². The van der Waals surface area contributed by atoms with Gasteiger partial charge in [-0.15, -0.1) is 0 Å². The summed E-state index contributed by atoms with van der Waals surface area (Å²) in [5, 5.41) is 5.45. The molecule has 1 aliphatic carbocycles. The lowest BCUT2D eigenvalue weighted by molar-refractivity contribution is -0.143. The SMILES string of the molecule is C[C@@H](OC[C@]1(c2ccccc2)C[C@@H](NC(=O)C(C)(C)NC(=O)OC(C)(C)C)C1)c1cc(C(F)(F)F)cc(C(F)(F)F)c1. The maximum Gasteiger partial charge on any atom is 0.416 e. The summed E-state index contributed by atoms with van der Waals surface area (Å²) in [6, 6.07) is 10.2. The zero-order valence-corrected chi connectivity index (χ0v) is 24.3. The number of ether oxygens (including phenoxy) is 2. The average Bonchev–Trinajstić information content (AvgIpc) is 2.82. The first-order valence-corrected chi connectivity index (χ1v) is 13.4. The van der Waals surface area contributed by atoms with E-state index in [0.29, 0.717) is 25.0 Å². The molecule has 0 saturated heterocycles. The lowest BCUT2D eigenvalue weighted by Crippen LogP contribution is -2.62. The summed E-state index contributed by atoms with van der Waals surface area (Å²) in [5.74, 6) is -0.446. The molecular formula is C30H36F6N2O4. The Morgan fingerprint density at radius 3 is 1.90 bits per heavy atom. The zero-order valence-electron chi connectivity index (χ0n) is 24.3. The van der Waals surface area contributed by atoms with Crippen LogP contribution in [0.5, 0.6) is 0 Å². The molecule has 1 aliphatic rings. The van der Waals surface area contributed by atoms with Crippen LogP contribution in [0.3, 0.4) is 0 Å². The van der Waals surface area contributed by atoms with E-state index < -0.39 is 58.1 Å². The van der Waals surface area contributed by atoms with Crippen LogP contribution in [0.25, 0.3) is 0 Å². The van der Waals surface area contributed by atoms with Crippen molar-refractivity contribution in [2.45, 2.75) is 95.4 Å². The Balaban J connectivity index is 1.74. The Morgan fingerprint density at radius 1 is 0.905 bits per heavy atom. The first kappa shape index (κ1) is 33.2. The average molecular weight is 603 g/mol. The molecule has 6 nitrogen and oxygen atoms in total. The van der Waals surface area contributed by atoms with E-state index in [0.717, 1.165) is 5.56 Å². The minimum Gasteiger partial charge on any atom is -0.444 e. The fourth-order valence-electron chi connectivity index (χ4n) is 4.79. The van der Waals surface area contributed by atoms with E-state index in [1.54, 1.807) is 20.8 Å². The number of alkyl halides is 6. The molecule has 0 spiro atoms. The molecule has 12 heteroatoms. The molecule has 0 aromatic heterocycles. The van der Waals surface area contributed by atoms with E-state index in [2.05, 4.69) is 10.6 Å². The summed E-state index contributed by atoms with van der Waals surface area (Å²) in [5.41, 5.74) is -4.90. The first-order chi connectivity index (χ1) is 19.1. The van der Waals surface area contributed by atoms with E-state index in [9.17, 15) is 35.9 Å². The molecule has 1 fully saturated rings. The van der Waals surface area contributed by atoms with Gasteiger partial charge in [0.1, 0.15) is 11.1 Å². The highest BCUT2D eigenvalue weighted by Crippen LogP contribution is 2.45. The highest BCUT2D eigenvalue weighted by molar-refractivity contribution is 5.89. The van der Waals surface area contributed by atoms with Gasteiger partial charge in [0.15, 0.2) is 0 Å². The maximum absolute atomic E-state index is 13.4. The monoisotopic (exact) mass is 602 g/mol. The first-order valence-electron chi connectivity index (χ1n) is 13.4. The molecule has 2 aromatic rings. The van der Waals surface area contributed by atoms with Gasteiger partial charge in [0.05, 0.1) is 23.8 Å². The predicted molar refractivity (Wildman–Crippen MR) is 144 cm³/mol. The molecule has 0 heterocycles. The number of nitrogens with one attached hydrogen (secondary N) is 2. The quantitative estimate of drug-likeness (QED) is 0.311. The number of hydrogen-bond acceptors (Lipinski definition) is 4. The summed E-state index contributed by atoms with van der Waals surface area (Å²) in [7, 11) is 0. The lowest BCUT2D eigenvalue weighted by atomic mass is 9.62. The molecule has 2 N–H and O–H groups in total. The van der Waals surface area contributed by atoms with E-state index in [-0.39, 0.29) is 24.3 Å². The molecule has 232 valence electrons. The molecule has 1 saturated carbocycles. The van der Waals surface area contributed by atoms with E-state index in [4.69, 9.17) is 9.47 Å². The van der Waals surface area contributed by atoms with Crippen molar-refractivity contribution in [1.82, 2.24) is 10.6 Å². The minimum absolute atomic E-state index is 0.0122. The van der Waals surface area contributed by atoms with Crippen molar-refractivity contribution in [2.24, 2.45) is 0 Å². The van der Waals surface area contributed by atoms with Crippen molar-refractivity contribution in [1.29, 1.82) is 0 Å². The van der Waals surface area contributed by atoms with Gasteiger partial charge in [0, 0.05) is 11.5 Å². The van der Waals surface area contributed by atoms with Crippen molar-refractivity contribution in [3.63, 3.8) is 0 Å². The molecular weight excluding hydrogens is 566 g/mol. The third-order valence-electron chi connectivity index (χ3n) is 7.07. The topological polar surface area (TPSA) is 76.7 Å². The van der Waals surface area contributed by atoms with Gasteiger partial charge >= 0.3 is 18.4 Å². The van der Waals surface area contributed by atoms with Gasteiger partial charge in [0.25, 0.3) is 0 Å². The molecule has 3 rings (SSSR count). The minimum atomic E-state index is -4.97.